The Hall–Kier alpha value is -1.36. The van der Waals surface area contributed by atoms with Gasteiger partial charge in [-0.2, -0.15) is 0 Å². The lowest BCUT2D eigenvalue weighted by atomic mass is 9.96. The van der Waals surface area contributed by atoms with Gasteiger partial charge < -0.3 is 15.2 Å². The average Bonchev–Trinajstić information content (AvgIpc) is 2.75. The van der Waals surface area contributed by atoms with Crippen LogP contribution in [0.5, 0.6) is 0 Å². The van der Waals surface area contributed by atoms with Crippen molar-refractivity contribution in [3.63, 3.8) is 0 Å². The van der Waals surface area contributed by atoms with Gasteiger partial charge in [-0.25, -0.2) is 4.98 Å². The molecule has 5 heteroatoms. The number of hydrogen-bond donors (Lipinski definition) is 2. The maximum atomic E-state index is 12.0. The van der Waals surface area contributed by atoms with Crippen molar-refractivity contribution in [3.8, 4) is 0 Å². The highest BCUT2D eigenvalue weighted by Gasteiger charge is 2.20. The van der Waals surface area contributed by atoms with E-state index in [1.165, 1.54) is 12.8 Å². The number of amides is 1. The van der Waals surface area contributed by atoms with Crippen molar-refractivity contribution < 1.29 is 4.79 Å². The molecule has 106 valence electrons. The molecule has 0 saturated carbocycles. The minimum absolute atomic E-state index is 0.0375. The number of piperidine rings is 1. The van der Waals surface area contributed by atoms with Crippen LogP contribution in [0.1, 0.15) is 45.2 Å². The summed E-state index contributed by atoms with van der Waals surface area (Å²) >= 11 is 0. The maximum Gasteiger partial charge on any atom is 0.240 e. The Morgan fingerprint density at radius 2 is 2.37 bits per heavy atom. The fraction of sp³-hybridized carbons (Fsp3) is 0.714. The van der Waals surface area contributed by atoms with Crippen molar-refractivity contribution in [2.75, 3.05) is 13.1 Å². The number of aromatic nitrogens is 2. The monoisotopic (exact) mass is 264 g/mol. The van der Waals surface area contributed by atoms with E-state index in [0.717, 1.165) is 18.8 Å². The summed E-state index contributed by atoms with van der Waals surface area (Å²) in [6.07, 6.45) is 6.00. The van der Waals surface area contributed by atoms with Crippen LogP contribution in [0.25, 0.3) is 0 Å². The number of nitrogens with zero attached hydrogens (tertiary/aromatic N) is 2. The van der Waals surface area contributed by atoms with Gasteiger partial charge in [-0.1, -0.05) is 0 Å². The lowest BCUT2D eigenvalue weighted by Gasteiger charge is -2.25. The summed E-state index contributed by atoms with van der Waals surface area (Å²) in [5.74, 6) is 0.509. The molecular weight excluding hydrogens is 240 g/mol. The minimum Gasteiger partial charge on any atom is -0.350 e. The summed E-state index contributed by atoms with van der Waals surface area (Å²) in [6, 6.07) is 0. The normalized spacial score (nSPS) is 20.3. The Labute approximate surface area is 114 Å². The topological polar surface area (TPSA) is 59.0 Å². The Kier molecular flexibility index (Phi) is 4.24. The molecular formula is C14H24N4O. The quantitative estimate of drug-likeness (QED) is 0.864. The van der Waals surface area contributed by atoms with Gasteiger partial charge in [0, 0.05) is 29.9 Å². The van der Waals surface area contributed by atoms with Gasteiger partial charge >= 0.3 is 0 Å². The first-order chi connectivity index (χ1) is 8.96. The number of imidazole rings is 1. The van der Waals surface area contributed by atoms with E-state index in [1.54, 1.807) is 6.33 Å². The summed E-state index contributed by atoms with van der Waals surface area (Å²) < 4.78 is 1.97. The van der Waals surface area contributed by atoms with Crippen LogP contribution in [0.3, 0.4) is 0 Å². The summed E-state index contributed by atoms with van der Waals surface area (Å²) in [5, 5.41) is 6.38. The molecule has 1 aromatic heterocycles. The Balaban J connectivity index is 2.01. The molecule has 1 saturated heterocycles. The standard InChI is InChI=1S/C14H24N4O/c1-14(2,3)17-13(19)9-18-10-16-8-12(18)11-5-4-6-15-7-11/h8,10-11,15H,4-7,9H2,1-3H3,(H,17,19). The fourth-order valence-corrected chi connectivity index (χ4v) is 2.52. The second-order valence-corrected chi connectivity index (χ2v) is 6.29. The molecule has 0 spiro atoms. The summed E-state index contributed by atoms with van der Waals surface area (Å²) in [4.78, 5) is 16.2. The maximum absolute atomic E-state index is 12.0. The smallest absolute Gasteiger partial charge is 0.240 e. The fourth-order valence-electron chi connectivity index (χ4n) is 2.52. The number of carbonyl (C=O) groups is 1. The molecule has 1 amide bonds. The molecule has 1 aliphatic heterocycles. The summed E-state index contributed by atoms with van der Waals surface area (Å²) in [6.45, 7) is 8.39. The molecule has 0 aromatic carbocycles. The Morgan fingerprint density at radius 1 is 1.58 bits per heavy atom. The van der Waals surface area contributed by atoms with Crippen LogP contribution in [-0.2, 0) is 11.3 Å². The van der Waals surface area contributed by atoms with Gasteiger partial charge in [-0.15, -0.1) is 0 Å². The summed E-state index contributed by atoms with van der Waals surface area (Å²) in [7, 11) is 0. The van der Waals surface area contributed by atoms with E-state index >= 15 is 0 Å². The Bertz CT molecular complexity index is 427. The number of rotatable bonds is 3. The van der Waals surface area contributed by atoms with Crippen molar-refractivity contribution in [3.05, 3.63) is 18.2 Å². The van der Waals surface area contributed by atoms with Crippen LogP contribution >= 0.6 is 0 Å². The zero-order valence-corrected chi connectivity index (χ0v) is 12.1. The van der Waals surface area contributed by atoms with Gasteiger partial charge in [0.25, 0.3) is 0 Å². The predicted octanol–water partition coefficient (Wildman–Crippen LogP) is 1.26. The second kappa shape index (κ2) is 5.74. The molecule has 1 fully saturated rings. The zero-order valence-electron chi connectivity index (χ0n) is 12.1. The van der Waals surface area contributed by atoms with Crippen LogP contribution in [0.2, 0.25) is 0 Å². The van der Waals surface area contributed by atoms with Crippen LogP contribution < -0.4 is 10.6 Å². The van der Waals surface area contributed by atoms with Crippen LogP contribution in [-0.4, -0.2) is 34.1 Å². The largest absolute Gasteiger partial charge is 0.350 e. The van der Waals surface area contributed by atoms with E-state index in [9.17, 15) is 4.79 Å². The first kappa shape index (κ1) is 14.1. The molecule has 1 aromatic rings. The molecule has 1 aliphatic rings. The van der Waals surface area contributed by atoms with Gasteiger partial charge in [0.05, 0.1) is 6.33 Å². The number of hydrogen-bond acceptors (Lipinski definition) is 3. The third kappa shape index (κ3) is 4.06. The van der Waals surface area contributed by atoms with Crippen LogP contribution in [0, 0.1) is 0 Å². The van der Waals surface area contributed by atoms with Gasteiger partial charge in [0.15, 0.2) is 0 Å². The number of nitrogens with one attached hydrogen (secondary N) is 2. The summed E-state index contributed by atoms with van der Waals surface area (Å²) in [5.41, 5.74) is 0.973. The van der Waals surface area contributed by atoms with Gasteiger partial charge in [0.1, 0.15) is 6.54 Å². The molecule has 19 heavy (non-hydrogen) atoms. The van der Waals surface area contributed by atoms with Gasteiger partial charge in [-0.05, 0) is 40.2 Å². The Morgan fingerprint density at radius 3 is 3.00 bits per heavy atom. The van der Waals surface area contributed by atoms with Crippen LogP contribution in [0.15, 0.2) is 12.5 Å². The minimum atomic E-state index is -0.190. The predicted molar refractivity (Wildman–Crippen MR) is 75.0 cm³/mol. The van der Waals surface area contributed by atoms with E-state index in [0.29, 0.717) is 12.5 Å². The molecule has 1 atom stereocenters. The van der Waals surface area contributed by atoms with Gasteiger partial charge in [-0.3, -0.25) is 4.79 Å². The van der Waals surface area contributed by atoms with E-state index in [2.05, 4.69) is 15.6 Å². The van der Waals surface area contributed by atoms with E-state index < -0.39 is 0 Å². The first-order valence-electron chi connectivity index (χ1n) is 6.97. The van der Waals surface area contributed by atoms with Crippen molar-refractivity contribution in [1.82, 2.24) is 20.2 Å². The molecule has 1 unspecified atom stereocenters. The van der Waals surface area contributed by atoms with Crippen molar-refractivity contribution in [1.29, 1.82) is 0 Å². The van der Waals surface area contributed by atoms with E-state index in [-0.39, 0.29) is 11.4 Å². The third-order valence-corrected chi connectivity index (χ3v) is 3.29. The lowest BCUT2D eigenvalue weighted by Crippen LogP contribution is -2.42. The van der Waals surface area contributed by atoms with E-state index in [1.807, 2.05) is 31.5 Å². The number of carbonyl (C=O) groups excluding carboxylic acids is 1. The highest BCUT2D eigenvalue weighted by molar-refractivity contribution is 5.76. The highest BCUT2D eigenvalue weighted by atomic mass is 16.2. The molecule has 2 N–H and O–H groups in total. The van der Waals surface area contributed by atoms with Crippen LogP contribution in [0.4, 0.5) is 0 Å². The van der Waals surface area contributed by atoms with Crippen molar-refractivity contribution in [2.45, 2.75) is 51.6 Å². The average molecular weight is 264 g/mol. The molecule has 0 aliphatic carbocycles. The molecule has 0 radical (unpaired) electrons. The second-order valence-electron chi connectivity index (χ2n) is 6.29. The molecule has 5 nitrogen and oxygen atoms in total. The first-order valence-corrected chi connectivity index (χ1v) is 6.97. The molecule has 2 heterocycles. The van der Waals surface area contributed by atoms with Crippen molar-refractivity contribution >= 4 is 5.91 Å². The SMILES string of the molecule is CC(C)(C)NC(=O)Cn1cncc1C1CCCNC1. The highest BCUT2D eigenvalue weighted by Crippen LogP contribution is 2.22. The van der Waals surface area contributed by atoms with Crippen molar-refractivity contribution in [2.24, 2.45) is 0 Å². The molecule has 0 bridgehead atoms. The van der Waals surface area contributed by atoms with Gasteiger partial charge in [0.2, 0.25) is 5.91 Å². The zero-order chi connectivity index (χ0) is 13.9. The molecule has 2 rings (SSSR count). The van der Waals surface area contributed by atoms with E-state index in [4.69, 9.17) is 0 Å². The lowest BCUT2D eigenvalue weighted by molar-refractivity contribution is -0.123. The third-order valence-electron chi connectivity index (χ3n) is 3.29.